The number of ketones is 2. The van der Waals surface area contributed by atoms with Gasteiger partial charge < -0.3 is 31.3 Å². The highest BCUT2D eigenvalue weighted by molar-refractivity contribution is 6.25. The van der Waals surface area contributed by atoms with Crippen molar-refractivity contribution in [1.82, 2.24) is 9.80 Å². The van der Waals surface area contributed by atoms with Crippen LogP contribution in [0.4, 0.5) is 0 Å². The van der Waals surface area contributed by atoms with E-state index in [9.17, 15) is 54.3 Å². The third-order valence-electron chi connectivity index (χ3n) is 10.4. The minimum atomic E-state index is -2.85. The number of likely N-dealkylation sites (N-methyl/N-ethyl adjacent to an activating group) is 1. The molecule has 4 atom stereocenters. The molecule has 0 unspecified atom stereocenters. The van der Waals surface area contributed by atoms with E-state index in [1.165, 1.54) is 55.4 Å². The van der Waals surface area contributed by atoms with Crippen LogP contribution in [0, 0.1) is 11.8 Å². The maximum atomic E-state index is 14.4. The number of fused-ring (bicyclic) bond motifs is 4. The van der Waals surface area contributed by atoms with Crippen LogP contribution in [0.2, 0.25) is 0 Å². The monoisotopic (exact) mass is 693 g/mol. The number of carboxylic acids is 1. The quantitative estimate of drug-likeness (QED) is 0.161. The molecular weight excluding hydrogens is 662 g/mol. The molecule has 0 saturated heterocycles. The fourth-order valence-electron chi connectivity index (χ4n) is 8.12. The summed E-state index contributed by atoms with van der Waals surface area (Å²) >= 11 is 0. The Morgan fingerprint density at radius 2 is 1.59 bits per heavy atom. The number of hydrogen-bond acceptors (Lipinski definition) is 11. The number of phenols is 1. The van der Waals surface area contributed by atoms with E-state index >= 15 is 0 Å². The molecule has 0 spiro atoms. The number of aromatic carboxylic acids is 1. The summed E-state index contributed by atoms with van der Waals surface area (Å²) in [5, 5.41) is 56.6. The topological polar surface area (TPSA) is 236 Å². The number of hydrogen-bond donors (Lipinski definition) is 6. The van der Waals surface area contributed by atoms with Crippen LogP contribution < -0.4 is 5.73 Å². The highest BCUT2D eigenvalue weighted by Crippen LogP contribution is 2.54. The first-order valence-corrected chi connectivity index (χ1v) is 15.9. The minimum absolute atomic E-state index is 0.0286. The summed E-state index contributed by atoms with van der Waals surface area (Å²) in [6, 6.07) is 12.2. The minimum Gasteiger partial charge on any atom is -0.508 e. The number of carbonyl (C=O) groups excluding carboxylic acids is 5. The van der Waals surface area contributed by atoms with Crippen molar-refractivity contribution in [3.05, 3.63) is 105 Å². The Bertz CT molecular complexity index is 2200. The van der Waals surface area contributed by atoms with E-state index in [-0.39, 0.29) is 51.8 Å². The summed E-state index contributed by atoms with van der Waals surface area (Å²) < 4.78 is 0. The van der Waals surface area contributed by atoms with E-state index in [2.05, 4.69) is 0 Å². The fourth-order valence-corrected chi connectivity index (χ4v) is 8.12. The molecule has 3 aliphatic carbocycles. The third kappa shape index (κ3) is 4.63. The molecule has 1 fully saturated rings. The molecule has 1 saturated carbocycles. The van der Waals surface area contributed by atoms with E-state index in [0.29, 0.717) is 11.1 Å². The van der Waals surface area contributed by atoms with Gasteiger partial charge in [-0.2, -0.15) is 0 Å². The van der Waals surface area contributed by atoms with Crippen LogP contribution in [-0.2, 0) is 27.3 Å². The van der Waals surface area contributed by atoms with Gasteiger partial charge in [0, 0.05) is 17.1 Å². The number of carbonyl (C=O) groups is 6. The van der Waals surface area contributed by atoms with E-state index in [4.69, 9.17) is 5.73 Å². The molecule has 0 bridgehead atoms. The molecule has 3 aromatic carbocycles. The first kappa shape index (κ1) is 33.4. The van der Waals surface area contributed by atoms with Crippen molar-refractivity contribution < 1.29 is 54.3 Å². The van der Waals surface area contributed by atoms with Crippen LogP contribution in [0.3, 0.4) is 0 Å². The van der Waals surface area contributed by atoms with Crippen LogP contribution in [0.5, 0.6) is 5.75 Å². The summed E-state index contributed by atoms with van der Waals surface area (Å²) in [7, 11) is 2.99. The van der Waals surface area contributed by atoms with Gasteiger partial charge in [-0.05, 0) is 79.9 Å². The van der Waals surface area contributed by atoms with Crippen LogP contribution >= 0.6 is 0 Å². The van der Waals surface area contributed by atoms with E-state index in [0.717, 1.165) is 4.90 Å². The molecule has 14 nitrogen and oxygen atoms in total. The summed E-state index contributed by atoms with van der Waals surface area (Å²) in [6.45, 7) is -0.471. The number of aliphatic hydroxyl groups is 3. The van der Waals surface area contributed by atoms with Crippen LogP contribution in [0.15, 0.2) is 71.5 Å². The molecule has 1 heterocycles. The number of rotatable bonds is 6. The number of imide groups is 1. The van der Waals surface area contributed by atoms with Crippen molar-refractivity contribution in [2.75, 3.05) is 14.1 Å². The van der Waals surface area contributed by atoms with Gasteiger partial charge in [-0.15, -0.1) is 0 Å². The highest BCUT2D eigenvalue weighted by atomic mass is 16.4. The van der Waals surface area contributed by atoms with E-state index in [1.807, 2.05) is 0 Å². The second-order valence-corrected chi connectivity index (χ2v) is 13.4. The molecule has 1 aliphatic heterocycles. The Kier molecular flexibility index (Phi) is 7.51. The smallest absolute Gasteiger partial charge is 0.335 e. The maximum absolute atomic E-state index is 14.4. The normalized spacial score (nSPS) is 24.1. The molecule has 3 aromatic rings. The summed E-state index contributed by atoms with van der Waals surface area (Å²) in [5.41, 5.74) is 2.11. The van der Waals surface area contributed by atoms with Crippen molar-refractivity contribution in [1.29, 1.82) is 0 Å². The number of aromatic hydroxyl groups is 1. The van der Waals surface area contributed by atoms with Crippen molar-refractivity contribution in [3.8, 4) is 16.9 Å². The average molecular weight is 694 g/mol. The summed E-state index contributed by atoms with van der Waals surface area (Å²) in [6.07, 6.45) is -0.222. The largest absolute Gasteiger partial charge is 0.508 e. The van der Waals surface area contributed by atoms with Crippen LogP contribution in [0.25, 0.3) is 16.9 Å². The molecule has 7 rings (SSSR count). The number of Topliss-reactive ketones (excluding diaryl/α,β-unsaturated/α-hetero) is 2. The molecule has 51 heavy (non-hydrogen) atoms. The summed E-state index contributed by atoms with van der Waals surface area (Å²) in [4.78, 5) is 80.9. The number of nitrogens with two attached hydrogens (primary N) is 1. The molecule has 3 amide bonds. The second kappa shape index (κ2) is 11.5. The van der Waals surface area contributed by atoms with Crippen molar-refractivity contribution in [2.45, 2.75) is 31.0 Å². The lowest BCUT2D eigenvalue weighted by atomic mass is 9.57. The first-order valence-electron chi connectivity index (χ1n) is 15.9. The number of primary amides is 1. The Morgan fingerprint density at radius 3 is 2.18 bits per heavy atom. The SMILES string of the molecule is CN(C)[C@@H]1C(=O)C(C(N)=O)=C(O)[C@@]2(O)C(=O)C3=C(O)c4c(O)c(CN5C(=O)c6ccccc6C5=O)cc(-c5cccc(C(=O)O)c5)c4C[C@H]3C[C@@H]12. The zero-order valence-electron chi connectivity index (χ0n) is 27.2. The van der Waals surface area contributed by atoms with Gasteiger partial charge in [0.2, 0.25) is 5.78 Å². The van der Waals surface area contributed by atoms with Gasteiger partial charge in [0.25, 0.3) is 17.7 Å². The van der Waals surface area contributed by atoms with Crippen molar-refractivity contribution in [2.24, 2.45) is 17.6 Å². The average Bonchev–Trinajstić information content (AvgIpc) is 3.32. The van der Waals surface area contributed by atoms with Gasteiger partial charge in [0.15, 0.2) is 11.4 Å². The maximum Gasteiger partial charge on any atom is 0.335 e. The Labute approximate surface area is 289 Å². The lowest BCUT2D eigenvalue weighted by Crippen LogP contribution is -2.65. The number of nitrogens with zero attached hydrogens (tertiary/aromatic N) is 2. The Balaban J connectivity index is 1.44. The molecule has 7 N–H and O–H groups in total. The van der Waals surface area contributed by atoms with Crippen molar-refractivity contribution in [3.63, 3.8) is 0 Å². The van der Waals surface area contributed by atoms with Crippen molar-refractivity contribution >= 4 is 41.0 Å². The molecule has 4 aliphatic rings. The zero-order valence-corrected chi connectivity index (χ0v) is 27.2. The van der Waals surface area contributed by atoms with Gasteiger partial charge in [-0.1, -0.05) is 24.3 Å². The van der Waals surface area contributed by atoms with Gasteiger partial charge in [-0.25, -0.2) is 4.79 Å². The number of carboxylic acid groups (broad SMARTS) is 1. The van der Waals surface area contributed by atoms with Gasteiger partial charge >= 0.3 is 5.97 Å². The standard InChI is InChI=1S/C37H31N3O11/c1-39(2)27-23-13-17-11-22-21(15-6-5-7-16(10-15)36(49)50)12-18(14-40-34(47)19-8-3-4-9-20(19)35(40)48)28(41)25(22)29(42)24(17)31(44)37(23,51)32(45)26(30(27)43)33(38)46/h3-10,12,17,23,27,41-42,45,51H,11,13-14H2,1-2H3,(H2,38,46)(H,49,50)/t17-,23-,27-,37-/m0/s1. The molecule has 14 heteroatoms. The lowest BCUT2D eigenvalue weighted by Gasteiger charge is -2.50. The van der Waals surface area contributed by atoms with Crippen LogP contribution in [0.1, 0.15) is 54.2 Å². The predicted molar refractivity (Wildman–Crippen MR) is 177 cm³/mol. The fraction of sp³-hybridized carbons (Fsp3) is 0.243. The third-order valence-corrected chi connectivity index (χ3v) is 10.4. The Hall–Kier alpha value is -6.12. The number of amides is 3. The second-order valence-electron chi connectivity index (χ2n) is 13.4. The Morgan fingerprint density at radius 1 is 0.941 bits per heavy atom. The van der Waals surface area contributed by atoms with E-state index in [1.54, 1.807) is 18.2 Å². The van der Waals surface area contributed by atoms with E-state index < -0.39 is 88.1 Å². The van der Waals surface area contributed by atoms with Gasteiger partial charge in [-0.3, -0.25) is 33.8 Å². The first-order chi connectivity index (χ1) is 24.1. The molecule has 260 valence electrons. The summed E-state index contributed by atoms with van der Waals surface area (Å²) in [5.74, 6) is -10.7. The number of phenolic OH excluding ortho intramolecular Hbond substituents is 1. The highest BCUT2D eigenvalue weighted by Gasteiger charge is 2.64. The lowest BCUT2D eigenvalue weighted by molar-refractivity contribution is -0.153. The zero-order chi connectivity index (χ0) is 36.8. The number of aliphatic hydroxyl groups excluding tert-OH is 2. The van der Waals surface area contributed by atoms with Crippen LogP contribution in [-0.4, -0.2) is 96.3 Å². The van der Waals surface area contributed by atoms with Gasteiger partial charge in [0.05, 0.1) is 34.8 Å². The molecule has 0 aromatic heterocycles. The van der Waals surface area contributed by atoms with Gasteiger partial charge in [0.1, 0.15) is 22.8 Å². The predicted octanol–water partition coefficient (Wildman–Crippen LogP) is 2.13. The molecule has 0 radical (unpaired) electrons. The molecular formula is C37H31N3O11. The number of benzene rings is 3.